The summed E-state index contributed by atoms with van der Waals surface area (Å²) in [5.74, 6) is -0.482. The van der Waals surface area contributed by atoms with Crippen LogP contribution < -0.4 is 10.0 Å². The Bertz CT molecular complexity index is 921. The number of ether oxygens (including phenoxy) is 1. The molecule has 0 radical (unpaired) electrons. The average Bonchev–Trinajstić information content (AvgIpc) is 3.14. The third kappa shape index (κ3) is 5.21. The lowest BCUT2D eigenvalue weighted by Crippen LogP contribution is -2.28. The third-order valence-corrected chi connectivity index (χ3v) is 6.26. The first-order valence-electron chi connectivity index (χ1n) is 8.25. The molecule has 0 saturated heterocycles. The van der Waals surface area contributed by atoms with Crippen LogP contribution in [0.1, 0.15) is 44.9 Å². The molecule has 1 unspecified atom stereocenters. The zero-order valence-corrected chi connectivity index (χ0v) is 17.9. The van der Waals surface area contributed by atoms with Crippen molar-refractivity contribution in [3.05, 3.63) is 64.5 Å². The summed E-state index contributed by atoms with van der Waals surface area (Å²) in [5.41, 5.74) is 3.86. The minimum Gasteiger partial charge on any atom is -0.465 e. The predicted octanol–water partition coefficient (Wildman–Crippen LogP) is 2.50. The number of nitrogens with one attached hydrogen (secondary N) is 2. The van der Waals surface area contributed by atoms with Gasteiger partial charge in [-0.15, -0.1) is 24.8 Å². The molecule has 1 aliphatic rings. The number of benzene rings is 1. The zero-order chi connectivity index (χ0) is 18.7. The van der Waals surface area contributed by atoms with Crippen LogP contribution in [0.4, 0.5) is 0 Å². The van der Waals surface area contributed by atoms with Crippen LogP contribution in [0.5, 0.6) is 0 Å². The van der Waals surface area contributed by atoms with Gasteiger partial charge < -0.3 is 10.1 Å². The fourth-order valence-corrected chi connectivity index (χ4v) is 4.13. The van der Waals surface area contributed by atoms with Gasteiger partial charge in [-0.2, -0.15) is 0 Å². The van der Waals surface area contributed by atoms with Gasteiger partial charge in [0.05, 0.1) is 30.2 Å². The van der Waals surface area contributed by atoms with E-state index >= 15 is 0 Å². The Hall–Kier alpha value is -1.71. The van der Waals surface area contributed by atoms with Crippen molar-refractivity contribution >= 4 is 40.8 Å². The van der Waals surface area contributed by atoms with Gasteiger partial charge in [0.1, 0.15) is 0 Å². The summed E-state index contributed by atoms with van der Waals surface area (Å²) in [7, 11) is -2.28. The van der Waals surface area contributed by atoms with Crippen molar-refractivity contribution in [3.8, 4) is 0 Å². The first-order chi connectivity index (χ1) is 12.4. The van der Waals surface area contributed by atoms with E-state index in [4.69, 9.17) is 0 Å². The maximum atomic E-state index is 12.7. The van der Waals surface area contributed by atoms with Crippen LogP contribution in [0.3, 0.4) is 0 Å². The topological polar surface area (TPSA) is 97.4 Å². The van der Waals surface area contributed by atoms with E-state index < -0.39 is 21.2 Å². The number of rotatable bonds is 6. The van der Waals surface area contributed by atoms with E-state index in [1.54, 1.807) is 19.1 Å². The van der Waals surface area contributed by atoms with Gasteiger partial charge in [-0.25, -0.2) is 17.9 Å². The monoisotopic (exact) mass is 447 g/mol. The largest absolute Gasteiger partial charge is 0.465 e. The van der Waals surface area contributed by atoms with Crippen LogP contribution in [-0.2, 0) is 34.4 Å². The minimum absolute atomic E-state index is 0. The van der Waals surface area contributed by atoms with E-state index in [9.17, 15) is 13.2 Å². The highest BCUT2D eigenvalue weighted by molar-refractivity contribution is 7.89. The van der Waals surface area contributed by atoms with Crippen LogP contribution in [0.25, 0.3) is 0 Å². The van der Waals surface area contributed by atoms with Gasteiger partial charge in [-0.05, 0) is 35.7 Å². The molecule has 1 aromatic carbocycles. The summed E-state index contributed by atoms with van der Waals surface area (Å²) in [4.78, 5) is 15.5. The van der Waals surface area contributed by atoms with Crippen molar-refractivity contribution in [2.45, 2.75) is 31.8 Å². The Balaban J connectivity index is 0.00000196. The second kappa shape index (κ2) is 10.2. The highest BCUT2D eigenvalue weighted by Crippen LogP contribution is 2.29. The molecule has 10 heteroatoms. The molecule has 0 saturated carbocycles. The molecule has 0 amide bonds. The SMILES string of the molecule is COC(=O)c1ccc(CNS(=O)(=O)C(C)c2cccc3c2CNC3)nc1.Cl.Cl. The van der Waals surface area contributed by atoms with Crippen molar-refractivity contribution in [1.29, 1.82) is 0 Å². The molecule has 0 spiro atoms. The summed E-state index contributed by atoms with van der Waals surface area (Å²) in [6, 6.07) is 8.92. The molecule has 3 rings (SSSR count). The van der Waals surface area contributed by atoms with Gasteiger partial charge in [0.15, 0.2) is 0 Å². The number of halogens is 2. The van der Waals surface area contributed by atoms with E-state index in [0.29, 0.717) is 17.8 Å². The van der Waals surface area contributed by atoms with Crippen molar-refractivity contribution in [1.82, 2.24) is 15.0 Å². The Morgan fingerprint density at radius 1 is 1.25 bits per heavy atom. The van der Waals surface area contributed by atoms with Crippen LogP contribution in [0.15, 0.2) is 36.5 Å². The fraction of sp³-hybridized carbons (Fsp3) is 0.333. The van der Waals surface area contributed by atoms with Gasteiger partial charge >= 0.3 is 5.97 Å². The molecule has 0 aliphatic carbocycles. The number of fused-ring (bicyclic) bond motifs is 1. The van der Waals surface area contributed by atoms with E-state index in [0.717, 1.165) is 23.2 Å². The fourth-order valence-electron chi connectivity index (χ4n) is 2.97. The minimum atomic E-state index is -3.57. The Morgan fingerprint density at radius 2 is 2.00 bits per heavy atom. The van der Waals surface area contributed by atoms with Crippen LogP contribution in [0, 0.1) is 0 Å². The Morgan fingerprint density at radius 3 is 2.64 bits per heavy atom. The molecule has 154 valence electrons. The normalized spacial score (nSPS) is 13.6. The molecule has 0 bridgehead atoms. The van der Waals surface area contributed by atoms with Crippen molar-refractivity contribution in [3.63, 3.8) is 0 Å². The number of methoxy groups -OCH3 is 1. The van der Waals surface area contributed by atoms with Crippen molar-refractivity contribution in [2.75, 3.05) is 7.11 Å². The third-order valence-electron chi connectivity index (χ3n) is 4.53. The Labute approximate surface area is 177 Å². The van der Waals surface area contributed by atoms with Crippen molar-refractivity contribution in [2.24, 2.45) is 0 Å². The molecule has 1 aromatic heterocycles. The average molecular weight is 448 g/mol. The van der Waals surface area contributed by atoms with Gasteiger partial charge in [-0.1, -0.05) is 18.2 Å². The molecule has 7 nitrogen and oxygen atoms in total. The lowest BCUT2D eigenvalue weighted by atomic mass is 10.0. The second-order valence-corrected chi connectivity index (χ2v) is 8.21. The summed E-state index contributed by atoms with van der Waals surface area (Å²) in [5, 5.41) is 2.57. The molecular weight excluding hydrogens is 425 g/mol. The first kappa shape index (κ1) is 24.3. The molecule has 28 heavy (non-hydrogen) atoms. The number of hydrogen-bond donors (Lipinski definition) is 2. The van der Waals surface area contributed by atoms with Gasteiger partial charge in [0.25, 0.3) is 0 Å². The number of esters is 1. The molecular formula is C18H23Cl2N3O4S. The lowest BCUT2D eigenvalue weighted by Gasteiger charge is -2.17. The highest BCUT2D eigenvalue weighted by atomic mass is 35.5. The summed E-state index contributed by atoms with van der Waals surface area (Å²) < 4.78 is 32.6. The molecule has 2 aromatic rings. The maximum absolute atomic E-state index is 12.7. The number of carbonyl (C=O) groups is 1. The number of hydrogen-bond acceptors (Lipinski definition) is 6. The molecule has 1 aliphatic heterocycles. The number of aromatic nitrogens is 1. The van der Waals surface area contributed by atoms with Gasteiger partial charge in [0.2, 0.25) is 10.0 Å². The smallest absolute Gasteiger partial charge is 0.339 e. The zero-order valence-electron chi connectivity index (χ0n) is 15.5. The lowest BCUT2D eigenvalue weighted by molar-refractivity contribution is 0.0600. The Kier molecular flexibility index (Phi) is 8.84. The first-order valence-corrected chi connectivity index (χ1v) is 9.80. The van der Waals surface area contributed by atoms with Gasteiger partial charge in [-0.3, -0.25) is 4.98 Å². The summed E-state index contributed by atoms with van der Waals surface area (Å²) in [6.45, 7) is 3.19. The van der Waals surface area contributed by atoms with Gasteiger partial charge in [0, 0.05) is 19.3 Å². The number of nitrogens with zero attached hydrogens (tertiary/aromatic N) is 1. The summed E-state index contributed by atoms with van der Waals surface area (Å²) >= 11 is 0. The second-order valence-electron chi connectivity index (χ2n) is 6.13. The number of pyridine rings is 1. The van der Waals surface area contributed by atoms with E-state index in [2.05, 4.69) is 19.8 Å². The van der Waals surface area contributed by atoms with E-state index in [-0.39, 0.29) is 31.4 Å². The summed E-state index contributed by atoms with van der Waals surface area (Å²) in [6.07, 6.45) is 1.37. The highest BCUT2D eigenvalue weighted by Gasteiger charge is 2.26. The molecule has 2 N–H and O–H groups in total. The molecule has 1 atom stereocenters. The van der Waals surface area contributed by atoms with E-state index in [1.807, 2.05) is 18.2 Å². The number of sulfonamides is 1. The van der Waals surface area contributed by atoms with Crippen LogP contribution >= 0.6 is 24.8 Å². The maximum Gasteiger partial charge on any atom is 0.339 e. The van der Waals surface area contributed by atoms with Crippen LogP contribution in [-0.4, -0.2) is 26.5 Å². The van der Waals surface area contributed by atoms with Crippen molar-refractivity contribution < 1.29 is 17.9 Å². The number of carbonyl (C=O) groups excluding carboxylic acids is 1. The predicted molar refractivity (Wildman–Crippen MR) is 111 cm³/mol. The van der Waals surface area contributed by atoms with Crippen LogP contribution in [0.2, 0.25) is 0 Å². The standard InChI is InChI=1S/C18H21N3O4S.2ClH/c1-12(16-5-3-4-13-8-19-11-17(13)16)26(23,24)21-10-15-7-6-14(9-20-15)18(22)25-2;;/h3-7,9,12,19,21H,8,10-11H2,1-2H3;2*1H. The van der Waals surface area contributed by atoms with E-state index in [1.165, 1.54) is 13.3 Å². The molecule has 0 fully saturated rings. The quantitative estimate of drug-likeness (QED) is 0.660. The molecule has 2 heterocycles.